The molecule has 325 valence electrons. The summed E-state index contributed by atoms with van der Waals surface area (Å²) in [6.45, 7) is 0. The van der Waals surface area contributed by atoms with E-state index in [2.05, 4.69) is 30.7 Å². The SMILES string of the molecule is Nc1ccc2c(O)c(N=Nc3ccc(N=Nc4ccc(N=Nc5cc(S(=O)(=O)O)c6cccc(S(=O)(=O)O)c6c5)c5ccccc45)c4cc(S(=O)(=O)O)ccc34)c(S(=O)(=O)O)cc2c1.[Na]. The Labute approximate surface area is 390 Å². The van der Waals surface area contributed by atoms with E-state index in [0.717, 1.165) is 30.3 Å². The molecular formula is C40H27N7NaO13S4. The molecule has 0 atom stereocenters. The molecule has 0 aromatic heterocycles. The Morgan fingerprint density at radius 1 is 0.400 bits per heavy atom. The van der Waals surface area contributed by atoms with Crippen LogP contribution in [0, 0.1) is 0 Å². The van der Waals surface area contributed by atoms with E-state index >= 15 is 0 Å². The van der Waals surface area contributed by atoms with Crippen LogP contribution in [0.1, 0.15) is 0 Å². The normalized spacial score (nSPS) is 12.9. The molecule has 0 unspecified atom stereocenters. The number of phenols is 1. The molecule has 1 radical (unpaired) electrons. The van der Waals surface area contributed by atoms with Crippen LogP contribution in [0.5, 0.6) is 5.75 Å². The van der Waals surface area contributed by atoms with E-state index in [9.17, 15) is 57.0 Å². The van der Waals surface area contributed by atoms with Crippen LogP contribution in [0.25, 0.3) is 43.1 Å². The molecule has 8 aromatic rings. The average Bonchev–Trinajstić information content (AvgIpc) is 3.22. The summed E-state index contributed by atoms with van der Waals surface area (Å²) < 4.78 is 138. The van der Waals surface area contributed by atoms with Crippen LogP contribution in [0.15, 0.2) is 172 Å². The predicted octanol–water partition coefficient (Wildman–Crippen LogP) is 9.44. The molecule has 0 fully saturated rings. The van der Waals surface area contributed by atoms with Gasteiger partial charge in [-0.1, -0.05) is 42.5 Å². The zero-order valence-electron chi connectivity index (χ0n) is 32.9. The van der Waals surface area contributed by atoms with E-state index in [4.69, 9.17) is 5.73 Å². The van der Waals surface area contributed by atoms with Crippen molar-refractivity contribution in [1.29, 1.82) is 0 Å². The first-order valence-electron chi connectivity index (χ1n) is 17.9. The predicted molar refractivity (Wildman–Crippen MR) is 239 cm³/mol. The van der Waals surface area contributed by atoms with Crippen molar-refractivity contribution in [3.8, 4) is 5.75 Å². The minimum absolute atomic E-state index is 0. The van der Waals surface area contributed by atoms with Crippen LogP contribution >= 0.6 is 0 Å². The van der Waals surface area contributed by atoms with Gasteiger partial charge in [0.15, 0.2) is 5.75 Å². The van der Waals surface area contributed by atoms with Gasteiger partial charge < -0.3 is 10.8 Å². The van der Waals surface area contributed by atoms with E-state index in [-0.39, 0.29) is 96.0 Å². The molecule has 25 heteroatoms. The number of aromatic hydroxyl groups is 1. The Kier molecular flexibility index (Phi) is 12.5. The first-order valence-corrected chi connectivity index (χ1v) is 23.7. The van der Waals surface area contributed by atoms with Crippen molar-refractivity contribution >= 4 is 153 Å². The fraction of sp³-hybridized carbons (Fsp3) is 0. The molecule has 0 amide bonds. The van der Waals surface area contributed by atoms with Crippen molar-refractivity contribution in [2.75, 3.05) is 5.73 Å². The van der Waals surface area contributed by atoms with E-state index in [1.165, 1.54) is 66.7 Å². The van der Waals surface area contributed by atoms with E-state index < -0.39 is 71.5 Å². The molecule has 0 bridgehead atoms. The molecule has 0 heterocycles. The van der Waals surface area contributed by atoms with Crippen molar-refractivity contribution in [1.82, 2.24) is 0 Å². The van der Waals surface area contributed by atoms with Crippen molar-refractivity contribution in [2.45, 2.75) is 19.6 Å². The summed E-state index contributed by atoms with van der Waals surface area (Å²) in [6, 6.07) is 26.9. The van der Waals surface area contributed by atoms with Gasteiger partial charge >= 0.3 is 0 Å². The molecule has 0 aliphatic rings. The van der Waals surface area contributed by atoms with Gasteiger partial charge in [-0.2, -0.15) is 38.8 Å². The second-order valence-corrected chi connectivity index (χ2v) is 19.4. The van der Waals surface area contributed by atoms with Crippen LogP contribution in [0.3, 0.4) is 0 Å². The summed E-state index contributed by atoms with van der Waals surface area (Å²) in [4.78, 5) is -2.60. The number of nitrogen functional groups attached to an aromatic ring is 1. The van der Waals surface area contributed by atoms with Crippen molar-refractivity contribution < 1.29 is 57.0 Å². The molecule has 65 heavy (non-hydrogen) atoms. The van der Waals surface area contributed by atoms with Crippen LogP contribution in [-0.2, 0) is 40.5 Å². The van der Waals surface area contributed by atoms with Gasteiger partial charge in [0.25, 0.3) is 40.5 Å². The fourth-order valence-electron chi connectivity index (χ4n) is 6.86. The minimum atomic E-state index is -4.97. The number of benzene rings is 8. The smallest absolute Gasteiger partial charge is 0.296 e. The number of fused-ring (bicyclic) bond motifs is 4. The van der Waals surface area contributed by atoms with Gasteiger partial charge in [-0.25, -0.2) is 0 Å². The molecule has 0 aliphatic heterocycles. The molecule has 0 saturated heterocycles. The third-order valence-electron chi connectivity index (χ3n) is 9.73. The monoisotopic (exact) mass is 964 g/mol. The minimum Gasteiger partial charge on any atom is -0.505 e. The number of nitrogens with two attached hydrogens (primary N) is 1. The first-order chi connectivity index (χ1) is 30.1. The second-order valence-electron chi connectivity index (χ2n) is 13.8. The van der Waals surface area contributed by atoms with Gasteiger partial charge in [0, 0.05) is 72.9 Å². The van der Waals surface area contributed by atoms with Gasteiger partial charge in [0.2, 0.25) is 0 Å². The number of phenolic OH excluding ortho intramolecular Hbond substituents is 1. The number of anilines is 1. The number of nitrogens with zero attached hydrogens (tertiary/aromatic N) is 6. The Bertz CT molecular complexity index is 3890. The maximum Gasteiger partial charge on any atom is 0.296 e. The standard InChI is InChI=1S/C40H27N7O13S4.Na/c41-22-8-10-25-21(16-22)17-38(64(58,59)60)39(40(25)48)47-46-34-14-15-35(30-20-24(61(49,50)51)9-11-28(30)34)45-44-33-13-12-32(26-4-1-2-5-27(26)33)43-42-23-18-31-29(37(19-23)63(55,56)57)6-3-7-36(31)62(52,53)54;/h1-20,48H,41H2,(H,49,50,51)(H,52,53,54)(H,55,56,57)(H,58,59,60);. The van der Waals surface area contributed by atoms with Crippen LogP contribution in [-0.4, -0.2) is 86.5 Å². The van der Waals surface area contributed by atoms with Gasteiger partial charge in [-0.05, 0) is 84.2 Å². The van der Waals surface area contributed by atoms with E-state index in [1.54, 1.807) is 24.3 Å². The Hall–Kier alpha value is -6.16. The molecule has 0 aliphatic carbocycles. The zero-order valence-corrected chi connectivity index (χ0v) is 38.2. The Balaban J connectivity index is 0.00000630. The molecule has 0 saturated carbocycles. The van der Waals surface area contributed by atoms with E-state index in [0.29, 0.717) is 10.8 Å². The number of rotatable bonds is 10. The van der Waals surface area contributed by atoms with Gasteiger partial charge in [-0.15, -0.1) is 25.6 Å². The third-order valence-corrected chi connectivity index (χ3v) is 13.2. The molecule has 7 N–H and O–H groups in total. The first kappa shape index (κ1) is 46.8. The molecular weight excluding hydrogens is 938 g/mol. The Morgan fingerprint density at radius 2 is 0.908 bits per heavy atom. The summed E-state index contributed by atoms with van der Waals surface area (Å²) in [6.07, 6.45) is 0. The van der Waals surface area contributed by atoms with Gasteiger partial charge in [0.1, 0.15) is 20.4 Å². The number of hydrogen-bond acceptors (Lipinski definition) is 16. The molecule has 8 rings (SSSR count). The zero-order chi connectivity index (χ0) is 45.9. The number of hydrogen-bond donors (Lipinski definition) is 6. The fourth-order valence-corrected chi connectivity index (χ4v) is 9.45. The maximum atomic E-state index is 12.4. The molecule has 0 spiro atoms. The summed E-state index contributed by atoms with van der Waals surface area (Å²) >= 11 is 0. The van der Waals surface area contributed by atoms with Crippen molar-refractivity contribution in [3.05, 3.63) is 121 Å². The largest absolute Gasteiger partial charge is 0.505 e. The average molecular weight is 965 g/mol. The third kappa shape index (κ3) is 9.49. The molecule has 8 aromatic carbocycles. The summed E-state index contributed by atoms with van der Waals surface area (Å²) in [5.74, 6) is -0.633. The number of azo groups is 3. The van der Waals surface area contributed by atoms with Crippen molar-refractivity contribution in [3.63, 3.8) is 0 Å². The summed E-state index contributed by atoms with van der Waals surface area (Å²) in [5, 5.41) is 37.3. The second kappa shape index (κ2) is 17.3. The van der Waals surface area contributed by atoms with Crippen molar-refractivity contribution in [2.24, 2.45) is 30.7 Å². The quantitative estimate of drug-likeness (QED) is 0.0322. The summed E-state index contributed by atoms with van der Waals surface area (Å²) in [7, 11) is -19.5. The van der Waals surface area contributed by atoms with Crippen LogP contribution < -0.4 is 5.73 Å². The topological polar surface area (TPSA) is 338 Å². The van der Waals surface area contributed by atoms with Crippen LogP contribution in [0.2, 0.25) is 0 Å². The summed E-state index contributed by atoms with van der Waals surface area (Å²) in [5.41, 5.74) is 5.83. The van der Waals surface area contributed by atoms with Gasteiger partial charge in [-0.3, -0.25) is 18.2 Å². The van der Waals surface area contributed by atoms with Gasteiger partial charge in [0.05, 0.1) is 33.3 Å². The van der Waals surface area contributed by atoms with E-state index in [1.807, 2.05) is 0 Å². The Morgan fingerprint density at radius 3 is 1.48 bits per heavy atom. The molecule has 20 nitrogen and oxygen atoms in total. The maximum absolute atomic E-state index is 12.4. The van der Waals surface area contributed by atoms with Crippen LogP contribution in [0.4, 0.5) is 39.8 Å².